The van der Waals surface area contributed by atoms with Gasteiger partial charge in [0.1, 0.15) is 16.5 Å². The van der Waals surface area contributed by atoms with E-state index >= 15 is 0 Å². The van der Waals surface area contributed by atoms with Gasteiger partial charge in [0, 0.05) is 39.3 Å². The van der Waals surface area contributed by atoms with Crippen LogP contribution in [0.25, 0.3) is 0 Å². The molecular formula is C23H28FN3O5S. The molecular weight excluding hydrogens is 449 g/mol. The van der Waals surface area contributed by atoms with E-state index in [1.807, 2.05) is 4.90 Å². The van der Waals surface area contributed by atoms with E-state index in [0.29, 0.717) is 50.6 Å². The number of benzene rings is 2. The lowest BCUT2D eigenvalue weighted by Crippen LogP contribution is -2.49. The second kappa shape index (κ2) is 10.1. The van der Waals surface area contributed by atoms with Crippen molar-refractivity contribution in [1.29, 1.82) is 0 Å². The van der Waals surface area contributed by atoms with Crippen LogP contribution in [-0.2, 0) is 26.0 Å². The first-order valence-electron chi connectivity index (χ1n) is 10.9. The molecule has 2 aromatic rings. The zero-order valence-corrected chi connectivity index (χ0v) is 19.4. The van der Waals surface area contributed by atoms with Crippen molar-refractivity contribution >= 4 is 21.6 Å². The van der Waals surface area contributed by atoms with E-state index < -0.39 is 10.0 Å². The van der Waals surface area contributed by atoms with E-state index in [-0.39, 0.29) is 41.9 Å². The summed E-state index contributed by atoms with van der Waals surface area (Å²) in [4.78, 5) is 16.6. The van der Waals surface area contributed by atoms with Crippen molar-refractivity contribution in [2.45, 2.75) is 11.3 Å². The van der Waals surface area contributed by atoms with Crippen molar-refractivity contribution in [3.63, 3.8) is 0 Å². The van der Waals surface area contributed by atoms with E-state index in [1.54, 1.807) is 35.2 Å². The summed E-state index contributed by atoms with van der Waals surface area (Å²) < 4.78 is 52.3. The van der Waals surface area contributed by atoms with Crippen molar-refractivity contribution in [3.8, 4) is 5.75 Å². The molecule has 2 fully saturated rings. The fraction of sp³-hybridized carbons (Fsp3) is 0.435. The van der Waals surface area contributed by atoms with E-state index in [9.17, 15) is 17.6 Å². The van der Waals surface area contributed by atoms with Gasteiger partial charge in [-0.25, -0.2) is 12.8 Å². The lowest BCUT2D eigenvalue weighted by molar-refractivity contribution is -0.130. The van der Waals surface area contributed by atoms with Gasteiger partial charge < -0.3 is 19.3 Å². The molecule has 0 aliphatic carbocycles. The molecule has 8 nitrogen and oxygen atoms in total. The minimum Gasteiger partial charge on any atom is -0.495 e. The molecule has 2 heterocycles. The van der Waals surface area contributed by atoms with Gasteiger partial charge in [0.25, 0.3) is 0 Å². The number of piperazine rings is 1. The number of carbonyl (C=O) groups is 1. The lowest BCUT2D eigenvalue weighted by atomic mass is 10.1. The molecule has 0 bridgehead atoms. The fourth-order valence-corrected chi connectivity index (χ4v) is 5.76. The van der Waals surface area contributed by atoms with Gasteiger partial charge in [0.2, 0.25) is 15.9 Å². The molecule has 2 aliphatic rings. The van der Waals surface area contributed by atoms with Crippen molar-refractivity contribution in [2.75, 3.05) is 64.5 Å². The summed E-state index contributed by atoms with van der Waals surface area (Å²) >= 11 is 0. The predicted molar refractivity (Wildman–Crippen MR) is 121 cm³/mol. The number of methoxy groups -OCH3 is 1. The summed E-state index contributed by atoms with van der Waals surface area (Å²) in [7, 11) is -2.34. The number of nitrogens with zero attached hydrogens (tertiary/aromatic N) is 3. The van der Waals surface area contributed by atoms with Crippen LogP contribution >= 0.6 is 0 Å². The molecule has 10 heteroatoms. The topological polar surface area (TPSA) is 79.4 Å². The molecule has 0 radical (unpaired) electrons. The monoisotopic (exact) mass is 477 g/mol. The van der Waals surface area contributed by atoms with E-state index in [4.69, 9.17) is 9.47 Å². The van der Waals surface area contributed by atoms with Crippen LogP contribution in [0.1, 0.15) is 5.56 Å². The molecule has 2 saturated heterocycles. The number of amides is 1. The highest BCUT2D eigenvalue weighted by atomic mass is 32.2. The SMILES string of the molecule is COc1ccc(CC(=O)N2CCN(c3ccccc3F)CC2)cc1S(=O)(=O)N1CCOCC1. The van der Waals surface area contributed by atoms with Gasteiger partial charge in [-0.2, -0.15) is 4.31 Å². The zero-order chi connectivity index (χ0) is 23.4. The summed E-state index contributed by atoms with van der Waals surface area (Å²) in [5.74, 6) is -0.122. The largest absolute Gasteiger partial charge is 0.495 e. The highest BCUT2D eigenvalue weighted by Crippen LogP contribution is 2.29. The second-order valence-electron chi connectivity index (χ2n) is 8.00. The fourth-order valence-electron chi connectivity index (χ4n) is 4.15. The summed E-state index contributed by atoms with van der Waals surface area (Å²) in [6, 6.07) is 11.4. The third kappa shape index (κ3) is 5.13. The standard InChI is InChI=1S/C23H28FN3O5S/c1-31-21-7-6-18(16-22(21)33(29,30)27-12-14-32-15-13-27)17-23(28)26-10-8-25(9-11-26)20-5-3-2-4-19(20)24/h2-7,16H,8-15,17H2,1H3. The molecule has 178 valence electrons. The molecule has 0 saturated carbocycles. The Labute approximate surface area is 193 Å². The first-order chi connectivity index (χ1) is 15.9. The van der Waals surface area contributed by atoms with Crippen LogP contribution < -0.4 is 9.64 Å². The predicted octanol–water partition coefficient (Wildman–Crippen LogP) is 1.75. The molecule has 2 aromatic carbocycles. The van der Waals surface area contributed by atoms with Crippen LogP contribution in [0.5, 0.6) is 5.75 Å². The molecule has 4 rings (SSSR count). The van der Waals surface area contributed by atoms with Crippen LogP contribution in [0.3, 0.4) is 0 Å². The normalized spacial score (nSPS) is 17.8. The average Bonchev–Trinajstić information content (AvgIpc) is 2.85. The maximum Gasteiger partial charge on any atom is 0.246 e. The molecule has 0 N–H and O–H groups in total. The summed E-state index contributed by atoms with van der Waals surface area (Å²) in [5.41, 5.74) is 1.14. The number of para-hydroxylation sites is 1. The molecule has 0 unspecified atom stereocenters. The Hall–Kier alpha value is -2.69. The number of hydrogen-bond donors (Lipinski definition) is 0. The Morgan fingerprint density at radius 3 is 2.39 bits per heavy atom. The number of sulfonamides is 1. The summed E-state index contributed by atoms with van der Waals surface area (Å²) in [5, 5.41) is 0. The molecule has 0 aromatic heterocycles. The highest BCUT2D eigenvalue weighted by Gasteiger charge is 2.30. The van der Waals surface area contributed by atoms with E-state index in [2.05, 4.69) is 0 Å². The number of rotatable bonds is 6. The summed E-state index contributed by atoms with van der Waals surface area (Å²) in [6.07, 6.45) is 0.0787. The quantitative estimate of drug-likeness (QED) is 0.631. The van der Waals surface area contributed by atoms with Gasteiger partial charge in [-0.3, -0.25) is 4.79 Å². The minimum atomic E-state index is -3.77. The maximum atomic E-state index is 14.1. The van der Waals surface area contributed by atoms with Crippen molar-refractivity contribution in [3.05, 3.63) is 53.8 Å². The third-order valence-corrected chi connectivity index (χ3v) is 7.92. The van der Waals surface area contributed by atoms with Crippen LogP contribution in [0.4, 0.5) is 10.1 Å². The van der Waals surface area contributed by atoms with Crippen molar-refractivity contribution < 1.29 is 27.1 Å². The molecule has 0 spiro atoms. The highest BCUT2D eigenvalue weighted by molar-refractivity contribution is 7.89. The van der Waals surface area contributed by atoms with Crippen molar-refractivity contribution in [2.24, 2.45) is 0 Å². The number of halogens is 1. The molecule has 2 aliphatic heterocycles. The Morgan fingerprint density at radius 1 is 1.03 bits per heavy atom. The Bertz CT molecular complexity index is 1100. The molecule has 1 amide bonds. The van der Waals surface area contributed by atoms with E-state index in [0.717, 1.165) is 0 Å². The number of anilines is 1. The number of hydrogen-bond acceptors (Lipinski definition) is 6. The van der Waals surface area contributed by atoms with Gasteiger partial charge >= 0.3 is 0 Å². The first-order valence-corrected chi connectivity index (χ1v) is 12.4. The lowest BCUT2D eigenvalue weighted by Gasteiger charge is -2.36. The van der Waals surface area contributed by atoms with Crippen molar-refractivity contribution in [1.82, 2.24) is 9.21 Å². The van der Waals surface area contributed by atoms with Gasteiger partial charge in [0.05, 0.1) is 32.4 Å². The van der Waals surface area contributed by atoms with Crippen LogP contribution in [0.2, 0.25) is 0 Å². The van der Waals surface area contributed by atoms with Gasteiger partial charge in [-0.05, 0) is 29.8 Å². The Balaban J connectivity index is 1.44. The van der Waals surface area contributed by atoms with Crippen LogP contribution in [0.15, 0.2) is 47.4 Å². The maximum absolute atomic E-state index is 14.1. The molecule has 0 atom stereocenters. The zero-order valence-electron chi connectivity index (χ0n) is 18.6. The smallest absolute Gasteiger partial charge is 0.246 e. The first kappa shape index (κ1) is 23.5. The van der Waals surface area contributed by atoms with E-state index in [1.165, 1.54) is 23.5 Å². The molecule has 33 heavy (non-hydrogen) atoms. The van der Waals surface area contributed by atoms with Crippen LogP contribution in [-0.4, -0.2) is 83.1 Å². The number of ether oxygens (including phenoxy) is 2. The average molecular weight is 478 g/mol. The summed E-state index contributed by atoms with van der Waals surface area (Å²) in [6.45, 7) is 3.27. The number of morpholine rings is 1. The van der Waals surface area contributed by atoms with Gasteiger partial charge in [0.15, 0.2) is 0 Å². The van der Waals surface area contributed by atoms with Gasteiger partial charge in [-0.1, -0.05) is 18.2 Å². The Morgan fingerprint density at radius 2 is 1.73 bits per heavy atom. The van der Waals surface area contributed by atoms with Crippen LogP contribution in [0, 0.1) is 5.82 Å². The second-order valence-corrected chi connectivity index (χ2v) is 9.90. The third-order valence-electron chi connectivity index (χ3n) is 6.00. The van der Waals surface area contributed by atoms with Gasteiger partial charge in [-0.15, -0.1) is 0 Å². The number of carbonyl (C=O) groups excluding carboxylic acids is 1. The minimum absolute atomic E-state index is 0.0570. The Kier molecular flexibility index (Phi) is 7.16.